The third-order valence-corrected chi connectivity index (χ3v) is 2.90. The summed E-state index contributed by atoms with van der Waals surface area (Å²) >= 11 is 0. The molecule has 0 fully saturated rings. The number of hydrogen-bond acceptors (Lipinski definition) is 5. The van der Waals surface area contributed by atoms with Gasteiger partial charge in [-0.3, -0.25) is 4.79 Å². The number of amides is 1. The standard InChI is InChI=1S/C13H22N4O.C2HF3O2/c1-3-16-12-11(13(18)15-2)8-7-10(17-12)6-4-5-9-14;3-2(4,5)1(6)7/h7-8H,3-6,9,14H2,1-2H3,(H,15,18)(H,16,17);(H,6,7). The van der Waals surface area contributed by atoms with Gasteiger partial charge in [-0.2, -0.15) is 13.2 Å². The molecule has 7 nitrogen and oxygen atoms in total. The molecule has 0 atom stereocenters. The number of nitrogens with one attached hydrogen (secondary N) is 2. The van der Waals surface area contributed by atoms with Crippen LogP contribution in [0.4, 0.5) is 19.0 Å². The van der Waals surface area contributed by atoms with Crippen LogP contribution in [0.1, 0.15) is 35.8 Å². The van der Waals surface area contributed by atoms with Crippen LogP contribution in [0.3, 0.4) is 0 Å². The number of carbonyl (C=O) groups is 2. The number of aryl methyl sites for hydroxylation is 1. The molecule has 142 valence electrons. The summed E-state index contributed by atoms with van der Waals surface area (Å²) in [6.45, 7) is 3.43. The van der Waals surface area contributed by atoms with E-state index in [1.807, 2.05) is 19.1 Å². The fraction of sp³-hybridized carbons (Fsp3) is 0.533. The van der Waals surface area contributed by atoms with E-state index in [4.69, 9.17) is 15.6 Å². The number of nitrogens with zero attached hydrogens (tertiary/aromatic N) is 1. The zero-order valence-electron chi connectivity index (χ0n) is 14.1. The maximum absolute atomic E-state index is 11.7. The number of hydrogen-bond donors (Lipinski definition) is 4. The summed E-state index contributed by atoms with van der Waals surface area (Å²) in [5.41, 5.74) is 7.04. The molecule has 1 aromatic heterocycles. The van der Waals surface area contributed by atoms with Gasteiger partial charge in [-0.15, -0.1) is 0 Å². The molecule has 0 aliphatic heterocycles. The second-order valence-electron chi connectivity index (χ2n) is 4.86. The van der Waals surface area contributed by atoms with Crippen LogP contribution in [0.5, 0.6) is 0 Å². The fourth-order valence-electron chi connectivity index (χ4n) is 1.71. The second-order valence-corrected chi connectivity index (χ2v) is 4.86. The SMILES string of the molecule is CCNc1nc(CCCCN)ccc1C(=O)NC.O=C(O)C(F)(F)F. The Hall–Kier alpha value is -2.36. The molecule has 0 aromatic carbocycles. The number of aliphatic carboxylic acids is 1. The second kappa shape index (κ2) is 11.2. The molecule has 10 heteroatoms. The predicted molar refractivity (Wildman–Crippen MR) is 87.5 cm³/mol. The average Bonchev–Trinajstić information content (AvgIpc) is 2.54. The molecular formula is C15H23F3N4O3. The first-order valence-electron chi connectivity index (χ1n) is 7.63. The lowest BCUT2D eigenvalue weighted by molar-refractivity contribution is -0.192. The molecular weight excluding hydrogens is 341 g/mol. The van der Waals surface area contributed by atoms with Crippen LogP contribution in [0.2, 0.25) is 0 Å². The van der Waals surface area contributed by atoms with Gasteiger partial charge in [0, 0.05) is 19.3 Å². The number of rotatable bonds is 7. The van der Waals surface area contributed by atoms with E-state index in [2.05, 4.69) is 15.6 Å². The van der Waals surface area contributed by atoms with Crippen LogP contribution in [0.25, 0.3) is 0 Å². The van der Waals surface area contributed by atoms with Crippen molar-refractivity contribution in [3.63, 3.8) is 0 Å². The van der Waals surface area contributed by atoms with Crippen LogP contribution in [0.15, 0.2) is 12.1 Å². The first-order valence-corrected chi connectivity index (χ1v) is 7.63. The Labute approximate surface area is 143 Å². The average molecular weight is 364 g/mol. The van der Waals surface area contributed by atoms with Gasteiger partial charge in [-0.25, -0.2) is 9.78 Å². The predicted octanol–water partition coefficient (Wildman–Crippen LogP) is 1.79. The Bertz CT molecular complexity index is 565. The van der Waals surface area contributed by atoms with E-state index in [9.17, 15) is 18.0 Å². The summed E-state index contributed by atoms with van der Waals surface area (Å²) < 4.78 is 31.7. The zero-order chi connectivity index (χ0) is 19.5. The van der Waals surface area contributed by atoms with E-state index in [-0.39, 0.29) is 5.91 Å². The van der Waals surface area contributed by atoms with Crippen molar-refractivity contribution in [2.75, 3.05) is 25.5 Å². The lowest BCUT2D eigenvalue weighted by atomic mass is 10.1. The van der Waals surface area contributed by atoms with Gasteiger partial charge in [0.1, 0.15) is 5.82 Å². The van der Waals surface area contributed by atoms with Gasteiger partial charge in [0.05, 0.1) is 5.56 Å². The van der Waals surface area contributed by atoms with Crippen molar-refractivity contribution in [3.8, 4) is 0 Å². The molecule has 0 saturated carbocycles. The Morgan fingerprint density at radius 2 is 1.88 bits per heavy atom. The monoisotopic (exact) mass is 364 g/mol. The van der Waals surface area contributed by atoms with E-state index >= 15 is 0 Å². The molecule has 0 spiro atoms. The molecule has 0 aliphatic carbocycles. The highest BCUT2D eigenvalue weighted by atomic mass is 19.4. The molecule has 0 radical (unpaired) electrons. The van der Waals surface area contributed by atoms with Crippen molar-refractivity contribution in [1.82, 2.24) is 10.3 Å². The minimum absolute atomic E-state index is 0.119. The molecule has 0 unspecified atom stereocenters. The van der Waals surface area contributed by atoms with Gasteiger partial charge >= 0.3 is 12.1 Å². The minimum atomic E-state index is -5.08. The highest BCUT2D eigenvalue weighted by Crippen LogP contribution is 2.15. The van der Waals surface area contributed by atoms with Crippen LogP contribution in [0, 0.1) is 0 Å². The quantitative estimate of drug-likeness (QED) is 0.548. The van der Waals surface area contributed by atoms with E-state index in [0.717, 1.165) is 31.5 Å². The smallest absolute Gasteiger partial charge is 0.475 e. The third-order valence-electron chi connectivity index (χ3n) is 2.90. The van der Waals surface area contributed by atoms with Crippen molar-refractivity contribution in [3.05, 3.63) is 23.4 Å². The topological polar surface area (TPSA) is 117 Å². The first-order chi connectivity index (χ1) is 11.7. The Morgan fingerprint density at radius 1 is 1.28 bits per heavy atom. The summed E-state index contributed by atoms with van der Waals surface area (Å²) in [5.74, 6) is -2.22. The van der Waals surface area contributed by atoms with Gasteiger partial charge in [0.2, 0.25) is 0 Å². The van der Waals surface area contributed by atoms with Gasteiger partial charge in [0.15, 0.2) is 0 Å². The number of aromatic nitrogens is 1. The summed E-state index contributed by atoms with van der Waals surface area (Å²) in [4.78, 5) is 25.1. The number of anilines is 1. The largest absolute Gasteiger partial charge is 0.490 e. The van der Waals surface area contributed by atoms with Crippen LogP contribution >= 0.6 is 0 Å². The van der Waals surface area contributed by atoms with Crippen molar-refractivity contribution >= 4 is 17.7 Å². The van der Waals surface area contributed by atoms with Crippen molar-refractivity contribution in [2.45, 2.75) is 32.4 Å². The van der Waals surface area contributed by atoms with Gasteiger partial charge in [0.25, 0.3) is 5.91 Å². The van der Waals surface area contributed by atoms with Gasteiger partial charge in [-0.05, 0) is 44.9 Å². The lowest BCUT2D eigenvalue weighted by Gasteiger charge is -2.10. The molecule has 0 aliphatic rings. The molecule has 0 saturated heterocycles. The van der Waals surface area contributed by atoms with Crippen LogP contribution in [-0.2, 0) is 11.2 Å². The molecule has 1 amide bonds. The van der Waals surface area contributed by atoms with E-state index in [1.165, 1.54) is 0 Å². The number of nitrogens with two attached hydrogens (primary N) is 1. The number of carboxylic acids is 1. The number of carboxylic acid groups (broad SMARTS) is 1. The highest BCUT2D eigenvalue weighted by molar-refractivity contribution is 5.98. The Kier molecular flexibility index (Phi) is 10.2. The third kappa shape index (κ3) is 8.89. The maximum Gasteiger partial charge on any atom is 0.490 e. The molecule has 1 rings (SSSR count). The van der Waals surface area contributed by atoms with Gasteiger partial charge in [-0.1, -0.05) is 0 Å². The maximum atomic E-state index is 11.7. The highest BCUT2D eigenvalue weighted by Gasteiger charge is 2.38. The van der Waals surface area contributed by atoms with Gasteiger partial charge < -0.3 is 21.5 Å². The summed E-state index contributed by atoms with van der Waals surface area (Å²) in [7, 11) is 1.62. The Balaban J connectivity index is 0.000000697. The van der Waals surface area contributed by atoms with E-state index in [1.54, 1.807) is 7.05 Å². The van der Waals surface area contributed by atoms with Crippen molar-refractivity contribution in [2.24, 2.45) is 5.73 Å². The fourth-order valence-corrected chi connectivity index (χ4v) is 1.71. The van der Waals surface area contributed by atoms with Crippen LogP contribution < -0.4 is 16.4 Å². The molecule has 5 N–H and O–H groups in total. The first kappa shape index (κ1) is 22.6. The van der Waals surface area contributed by atoms with E-state index in [0.29, 0.717) is 17.9 Å². The number of pyridine rings is 1. The summed E-state index contributed by atoms with van der Waals surface area (Å²) in [5, 5.41) is 12.9. The number of halogens is 3. The van der Waals surface area contributed by atoms with E-state index < -0.39 is 12.1 Å². The summed E-state index contributed by atoms with van der Waals surface area (Å²) in [6.07, 6.45) is -2.17. The molecule has 25 heavy (non-hydrogen) atoms. The van der Waals surface area contributed by atoms with Crippen LogP contribution in [-0.4, -0.2) is 48.3 Å². The lowest BCUT2D eigenvalue weighted by Crippen LogP contribution is -2.21. The number of unbranched alkanes of at least 4 members (excludes halogenated alkanes) is 1. The minimum Gasteiger partial charge on any atom is -0.475 e. The molecule has 0 bridgehead atoms. The van der Waals surface area contributed by atoms with Crippen molar-refractivity contribution in [1.29, 1.82) is 0 Å². The Morgan fingerprint density at radius 3 is 2.32 bits per heavy atom. The summed E-state index contributed by atoms with van der Waals surface area (Å²) in [6, 6.07) is 3.73. The number of carbonyl (C=O) groups excluding carboxylic acids is 1. The normalized spacial score (nSPS) is 10.5. The number of alkyl halides is 3. The molecule has 1 aromatic rings. The van der Waals surface area contributed by atoms with Crippen molar-refractivity contribution < 1.29 is 27.9 Å². The zero-order valence-corrected chi connectivity index (χ0v) is 14.1. The molecule has 1 heterocycles.